The molecule has 0 bridgehead atoms. The third-order valence-electron chi connectivity index (χ3n) is 4.53. The fraction of sp³-hybridized carbons (Fsp3) is 0.176. The molecule has 0 fully saturated rings. The largest absolute Gasteiger partial charge is 0.484 e. The Morgan fingerprint density at radius 3 is 3.04 bits per heavy atom. The van der Waals surface area contributed by atoms with Crippen LogP contribution in [0.4, 0.5) is 0 Å². The second kappa shape index (κ2) is 7.00. The summed E-state index contributed by atoms with van der Waals surface area (Å²) in [7, 11) is 0. The predicted molar refractivity (Wildman–Crippen MR) is 112 cm³/mol. The van der Waals surface area contributed by atoms with Crippen LogP contribution < -0.4 is 4.74 Å². The van der Waals surface area contributed by atoms with Gasteiger partial charge in [-0.1, -0.05) is 11.6 Å². The molecule has 3 aromatic heterocycles. The lowest BCUT2D eigenvalue weighted by atomic mass is 10.1. The number of nitrogens with zero attached hydrogens (tertiary/aromatic N) is 5. The molecule has 3 heterocycles. The molecule has 27 heavy (non-hydrogen) atoms. The summed E-state index contributed by atoms with van der Waals surface area (Å²) in [5.74, 6) is 1.39. The minimum absolute atomic E-state index is 0.127. The van der Waals surface area contributed by atoms with Crippen molar-refractivity contribution in [2.45, 2.75) is 18.9 Å². The Kier molecular flexibility index (Phi) is 4.49. The second-order valence-corrected chi connectivity index (χ2v) is 8.54. The van der Waals surface area contributed by atoms with Crippen LogP contribution in [0.3, 0.4) is 0 Å². The zero-order valence-corrected chi connectivity index (χ0v) is 17.7. The van der Waals surface area contributed by atoms with Gasteiger partial charge in [-0.05, 0) is 64.7 Å². The number of aryl methyl sites for hydroxylation is 1. The Balaban J connectivity index is 1.53. The number of aromatic nitrogens is 5. The standard InChI is InChI=1S/C17H12ClIN5O2P/c18-15-5-9-1-4-13(16(9)22-21-15)26-10-2-3-12-11(6-10)17(23-24(12)27-19)14-7-20-8-25-14/h2-3,5-8,13,27H,1,4H2. The van der Waals surface area contributed by atoms with Crippen LogP contribution in [0.15, 0.2) is 41.3 Å². The topological polar surface area (TPSA) is 78.9 Å². The van der Waals surface area contributed by atoms with Crippen molar-refractivity contribution in [2.75, 3.05) is 0 Å². The van der Waals surface area contributed by atoms with Gasteiger partial charge in [-0.3, -0.25) is 0 Å². The van der Waals surface area contributed by atoms with E-state index in [1.807, 2.05) is 28.7 Å². The summed E-state index contributed by atoms with van der Waals surface area (Å²) in [5, 5.41) is 14.2. The molecule has 10 heteroatoms. The summed E-state index contributed by atoms with van der Waals surface area (Å²) in [6.07, 6.45) is 5.17. The lowest BCUT2D eigenvalue weighted by Crippen LogP contribution is -2.06. The van der Waals surface area contributed by atoms with E-state index in [1.54, 1.807) is 6.20 Å². The Morgan fingerprint density at radius 1 is 1.30 bits per heavy atom. The molecule has 5 rings (SSSR count). The van der Waals surface area contributed by atoms with Gasteiger partial charge in [-0.25, -0.2) is 9.44 Å². The summed E-state index contributed by atoms with van der Waals surface area (Å²) >= 11 is 8.25. The van der Waals surface area contributed by atoms with E-state index >= 15 is 0 Å². The first-order valence-electron chi connectivity index (χ1n) is 8.20. The number of rotatable bonds is 4. The molecule has 0 spiro atoms. The summed E-state index contributed by atoms with van der Waals surface area (Å²) in [6.45, 7) is 0. The van der Waals surface area contributed by atoms with Crippen LogP contribution in [0.1, 0.15) is 23.8 Å². The van der Waals surface area contributed by atoms with Gasteiger partial charge in [0.1, 0.15) is 23.2 Å². The first kappa shape index (κ1) is 17.3. The smallest absolute Gasteiger partial charge is 0.181 e. The highest BCUT2D eigenvalue weighted by Crippen LogP contribution is 2.39. The minimum Gasteiger partial charge on any atom is -0.484 e. The van der Waals surface area contributed by atoms with Crippen molar-refractivity contribution in [2.24, 2.45) is 0 Å². The molecule has 136 valence electrons. The van der Waals surface area contributed by atoms with Crippen molar-refractivity contribution in [3.63, 3.8) is 0 Å². The van der Waals surface area contributed by atoms with Crippen molar-refractivity contribution in [1.82, 2.24) is 24.7 Å². The number of fused-ring (bicyclic) bond motifs is 2. The van der Waals surface area contributed by atoms with E-state index in [4.69, 9.17) is 20.8 Å². The zero-order valence-electron chi connectivity index (χ0n) is 13.8. The van der Waals surface area contributed by atoms with E-state index in [2.05, 4.69) is 42.3 Å². The SMILES string of the molecule is Clc1cc2c(nn1)C(Oc1ccc3c(c1)c(-c1cnco1)nn3PI)CC2. The molecule has 2 unspecified atom stereocenters. The fourth-order valence-electron chi connectivity index (χ4n) is 3.34. The Morgan fingerprint density at radius 2 is 2.22 bits per heavy atom. The highest BCUT2D eigenvalue weighted by molar-refractivity contribution is 14.2. The number of ether oxygens (including phenoxy) is 1. The van der Waals surface area contributed by atoms with E-state index in [0.717, 1.165) is 46.4 Å². The molecule has 0 radical (unpaired) electrons. The molecule has 4 aromatic rings. The molecule has 1 aliphatic carbocycles. The summed E-state index contributed by atoms with van der Waals surface area (Å²) in [4.78, 5) is 4.01. The molecule has 7 nitrogen and oxygen atoms in total. The third kappa shape index (κ3) is 3.09. The number of hydrogen-bond acceptors (Lipinski definition) is 6. The maximum Gasteiger partial charge on any atom is 0.181 e. The Bertz CT molecular complexity index is 1130. The normalized spacial score (nSPS) is 16.4. The van der Waals surface area contributed by atoms with Gasteiger partial charge in [0.15, 0.2) is 17.3 Å². The van der Waals surface area contributed by atoms with E-state index in [0.29, 0.717) is 17.3 Å². The van der Waals surface area contributed by atoms with Crippen LogP contribution in [0.5, 0.6) is 5.75 Å². The van der Waals surface area contributed by atoms with E-state index in [-0.39, 0.29) is 6.10 Å². The molecular formula is C17H12ClIN5O2P. The van der Waals surface area contributed by atoms with Crippen LogP contribution in [0.2, 0.25) is 5.15 Å². The predicted octanol–water partition coefficient (Wildman–Crippen LogP) is 4.99. The van der Waals surface area contributed by atoms with E-state index in [9.17, 15) is 0 Å². The number of halogens is 2. The van der Waals surface area contributed by atoms with Crippen molar-refractivity contribution in [1.29, 1.82) is 0 Å². The molecule has 1 aliphatic rings. The molecule has 2 atom stereocenters. The average molecular weight is 512 g/mol. The van der Waals surface area contributed by atoms with Crippen molar-refractivity contribution >= 4 is 50.9 Å². The van der Waals surface area contributed by atoms with Crippen molar-refractivity contribution in [3.05, 3.63) is 53.3 Å². The summed E-state index contributed by atoms with van der Waals surface area (Å²) in [6, 6.07) is 7.84. The summed E-state index contributed by atoms with van der Waals surface area (Å²) in [5.41, 5.74) is 3.75. The van der Waals surface area contributed by atoms with Gasteiger partial charge in [0.25, 0.3) is 0 Å². The first-order valence-corrected chi connectivity index (χ1v) is 12.6. The Hall–Kier alpha value is -1.77. The third-order valence-corrected chi connectivity index (χ3v) is 6.59. The molecule has 0 saturated heterocycles. The second-order valence-electron chi connectivity index (χ2n) is 6.11. The quantitative estimate of drug-likeness (QED) is 0.284. The number of oxazole rings is 1. The maximum absolute atomic E-state index is 6.24. The molecule has 0 aliphatic heterocycles. The zero-order chi connectivity index (χ0) is 18.4. The minimum atomic E-state index is -0.127. The molecule has 0 N–H and O–H groups in total. The van der Waals surface area contributed by atoms with Crippen molar-refractivity contribution in [3.8, 4) is 17.2 Å². The molecule has 0 amide bonds. The monoisotopic (exact) mass is 511 g/mol. The average Bonchev–Trinajstić information content (AvgIpc) is 3.40. The Labute approximate surface area is 173 Å². The van der Waals surface area contributed by atoms with Crippen LogP contribution in [-0.2, 0) is 6.42 Å². The van der Waals surface area contributed by atoms with E-state index in [1.165, 1.54) is 6.39 Å². The van der Waals surface area contributed by atoms with Gasteiger partial charge in [-0.2, -0.15) is 5.10 Å². The van der Waals surface area contributed by atoms with Crippen LogP contribution in [0, 0.1) is 0 Å². The fourth-order valence-corrected chi connectivity index (χ4v) is 5.03. The molecule has 0 saturated carbocycles. The van der Waals surface area contributed by atoms with Gasteiger partial charge in [0, 0.05) is 5.39 Å². The van der Waals surface area contributed by atoms with Crippen molar-refractivity contribution < 1.29 is 9.15 Å². The lowest BCUT2D eigenvalue weighted by Gasteiger charge is -2.14. The van der Waals surface area contributed by atoms with Crippen LogP contribution in [-0.4, -0.2) is 24.7 Å². The van der Waals surface area contributed by atoms with Gasteiger partial charge >= 0.3 is 0 Å². The highest BCUT2D eigenvalue weighted by Gasteiger charge is 2.27. The van der Waals surface area contributed by atoms with E-state index < -0.39 is 0 Å². The number of hydrogen-bond donors (Lipinski definition) is 0. The van der Waals surface area contributed by atoms with Crippen LogP contribution in [0.25, 0.3) is 22.4 Å². The van der Waals surface area contributed by atoms with Gasteiger partial charge in [-0.15, -0.1) is 10.2 Å². The van der Waals surface area contributed by atoms with Gasteiger partial charge in [0.2, 0.25) is 0 Å². The van der Waals surface area contributed by atoms with Gasteiger partial charge in [0.05, 0.1) is 18.1 Å². The highest BCUT2D eigenvalue weighted by atomic mass is 127. The number of benzene rings is 1. The van der Waals surface area contributed by atoms with Crippen LogP contribution >= 0.6 is 40.0 Å². The molecule has 1 aromatic carbocycles. The molecular weight excluding hydrogens is 500 g/mol. The first-order chi connectivity index (χ1) is 13.2. The summed E-state index contributed by atoms with van der Waals surface area (Å²) < 4.78 is 13.6. The lowest BCUT2D eigenvalue weighted by molar-refractivity contribution is 0.202. The van der Waals surface area contributed by atoms with Gasteiger partial charge < -0.3 is 9.15 Å². The maximum atomic E-state index is 6.24.